The maximum atomic E-state index is 5.35. The first-order valence-corrected chi connectivity index (χ1v) is 7.50. The summed E-state index contributed by atoms with van der Waals surface area (Å²) in [6.07, 6.45) is 6.30. The molecule has 0 radical (unpaired) electrons. The second-order valence-corrected chi connectivity index (χ2v) is 5.35. The molecule has 3 heteroatoms. The molecule has 0 amide bonds. The third-order valence-corrected chi connectivity index (χ3v) is 3.94. The molecule has 0 saturated carbocycles. The van der Waals surface area contributed by atoms with Crippen LogP contribution in [0, 0.1) is 0 Å². The smallest absolute Gasteiger partial charge is 0.212 e. The number of para-hydroxylation sites is 1. The number of hydrogen-bond acceptors (Lipinski definition) is 2. The molecule has 0 aliphatic rings. The van der Waals surface area contributed by atoms with Gasteiger partial charge in [-0.25, -0.2) is 4.57 Å². The quantitative estimate of drug-likeness (QED) is 0.683. The maximum absolute atomic E-state index is 5.35. The van der Waals surface area contributed by atoms with Gasteiger partial charge in [-0.2, -0.15) is 0 Å². The van der Waals surface area contributed by atoms with Gasteiger partial charge in [-0.15, -0.1) is 0 Å². The van der Waals surface area contributed by atoms with Crippen LogP contribution < -0.4 is 14.0 Å². The fourth-order valence-corrected chi connectivity index (χ4v) is 2.68. The minimum Gasteiger partial charge on any atom is -0.493 e. The molecule has 1 aromatic heterocycles. The zero-order valence-electron chi connectivity index (χ0n) is 13.6. The van der Waals surface area contributed by atoms with Gasteiger partial charge in [0.25, 0.3) is 0 Å². The van der Waals surface area contributed by atoms with Gasteiger partial charge in [0, 0.05) is 12.1 Å². The fourth-order valence-electron chi connectivity index (χ4n) is 2.68. The SMILES string of the molecule is COc1ccc(C=Cc2cc[n+](C)c3ccccc23)cc1OC. The zero-order chi connectivity index (χ0) is 16.2. The van der Waals surface area contributed by atoms with Crippen molar-refractivity contribution in [3.05, 3.63) is 65.9 Å². The number of fused-ring (bicyclic) bond motifs is 1. The summed E-state index contributed by atoms with van der Waals surface area (Å²) in [4.78, 5) is 0. The summed E-state index contributed by atoms with van der Waals surface area (Å²) >= 11 is 0. The van der Waals surface area contributed by atoms with E-state index < -0.39 is 0 Å². The molecule has 0 atom stereocenters. The molecule has 0 fully saturated rings. The van der Waals surface area contributed by atoms with Crippen molar-refractivity contribution in [2.75, 3.05) is 14.2 Å². The highest BCUT2D eigenvalue weighted by Gasteiger charge is 2.07. The monoisotopic (exact) mass is 306 g/mol. The fraction of sp³-hybridized carbons (Fsp3) is 0.150. The van der Waals surface area contributed by atoms with Crippen molar-refractivity contribution in [2.45, 2.75) is 0 Å². The highest BCUT2D eigenvalue weighted by atomic mass is 16.5. The van der Waals surface area contributed by atoms with Gasteiger partial charge in [-0.1, -0.05) is 30.4 Å². The van der Waals surface area contributed by atoms with E-state index in [0.717, 1.165) is 17.1 Å². The van der Waals surface area contributed by atoms with E-state index in [-0.39, 0.29) is 0 Å². The van der Waals surface area contributed by atoms with Crippen LogP contribution in [0.25, 0.3) is 23.1 Å². The summed E-state index contributed by atoms with van der Waals surface area (Å²) in [5, 5.41) is 1.23. The number of pyridine rings is 1. The Balaban J connectivity index is 1.99. The Kier molecular flexibility index (Phi) is 4.29. The molecule has 3 nitrogen and oxygen atoms in total. The van der Waals surface area contributed by atoms with Crippen LogP contribution in [0.15, 0.2) is 54.7 Å². The van der Waals surface area contributed by atoms with Crippen LogP contribution >= 0.6 is 0 Å². The Hall–Kier alpha value is -2.81. The van der Waals surface area contributed by atoms with E-state index in [9.17, 15) is 0 Å². The normalized spacial score (nSPS) is 11.1. The first-order chi connectivity index (χ1) is 11.2. The Morgan fingerprint density at radius 2 is 1.65 bits per heavy atom. The number of aryl methyl sites for hydroxylation is 1. The minimum absolute atomic E-state index is 0.735. The van der Waals surface area contributed by atoms with Crippen LogP contribution in [0.5, 0.6) is 11.5 Å². The Morgan fingerprint density at radius 1 is 0.870 bits per heavy atom. The van der Waals surface area contributed by atoms with Crippen LogP contribution in [0.1, 0.15) is 11.1 Å². The second kappa shape index (κ2) is 6.53. The predicted octanol–water partition coefficient (Wildman–Crippen LogP) is 3.85. The lowest BCUT2D eigenvalue weighted by molar-refractivity contribution is -0.644. The number of methoxy groups -OCH3 is 2. The highest BCUT2D eigenvalue weighted by Crippen LogP contribution is 2.28. The van der Waals surface area contributed by atoms with Gasteiger partial charge in [-0.3, -0.25) is 0 Å². The van der Waals surface area contributed by atoms with E-state index in [4.69, 9.17) is 9.47 Å². The highest BCUT2D eigenvalue weighted by molar-refractivity contribution is 5.88. The van der Waals surface area contributed by atoms with E-state index >= 15 is 0 Å². The van der Waals surface area contributed by atoms with Gasteiger partial charge in [0.2, 0.25) is 5.52 Å². The van der Waals surface area contributed by atoms with Crippen molar-refractivity contribution in [3.63, 3.8) is 0 Å². The average molecular weight is 306 g/mol. The topological polar surface area (TPSA) is 22.3 Å². The van der Waals surface area contributed by atoms with Gasteiger partial charge in [0.1, 0.15) is 7.05 Å². The van der Waals surface area contributed by atoms with Crippen LogP contribution in [0.3, 0.4) is 0 Å². The Labute approximate surface area is 136 Å². The number of benzene rings is 2. The second-order valence-electron chi connectivity index (χ2n) is 5.35. The molecule has 3 aromatic rings. The van der Waals surface area contributed by atoms with Crippen molar-refractivity contribution in [1.29, 1.82) is 0 Å². The summed E-state index contributed by atoms with van der Waals surface area (Å²) < 4.78 is 12.8. The van der Waals surface area contributed by atoms with Crippen LogP contribution in [0.2, 0.25) is 0 Å². The zero-order valence-corrected chi connectivity index (χ0v) is 13.6. The molecule has 0 aliphatic carbocycles. The lowest BCUT2D eigenvalue weighted by atomic mass is 10.1. The van der Waals surface area contributed by atoms with Crippen LogP contribution in [0.4, 0.5) is 0 Å². The van der Waals surface area contributed by atoms with E-state index in [1.165, 1.54) is 16.5 Å². The molecule has 0 N–H and O–H groups in total. The van der Waals surface area contributed by atoms with Crippen molar-refractivity contribution in [2.24, 2.45) is 7.05 Å². The van der Waals surface area contributed by atoms with Crippen molar-refractivity contribution in [3.8, 4) is 11.5 Å². The number of hydrogen-bond donors (Lipinski definition) is 0. The molecule has 0 unspecified atom stereocenters. The first-order valence-electron chi connectivity index (χ1n) is 7.50. The standard InChI is InChI=1S/C20H20NO2/c1-21-13-12-16(17-6-4-5-7-18(17)21)10-8-15-9-11-19(22-2)20(14-15)23-3/h4-14H,1-3H3/q+1. The van der Waals surface area contributed by atoms with Crippen LogP contribution in [-0.2, 0) is 7.05 Å². The summed E-state index contributed by atoms with van der Waals surface area (Å²) in [7, 11) is 5.35. The number of rotatable bonds is 4. The van der Waals surface area contributed by atoms with Crippen molar-refractivity contribution in [1.82, 2.24) is 0 Å². The third-order valence-electron chi connectivity index (χ3n) is 3.94. The molecule has 0 saturated heterocycles. The summed E-state index contributed by atoms with van der Waals surface area (Å²) in [6, 6.07) is 16.4. The van der Waals surface area contributed by atoms with Gasteiger partial charge in [0.05, 0.1) is 19.6 Å². The molecule has 23 heavy (non-hydrogen) atoms. The van der Waals surface area contributed by atoms with E-state index in [1.807, 2.05) is 18.2 Å². The lowest BCUT2D eigenvalue weighted by Crippen LogP contribution is -2.28. The number of aromatic nitrogens is 1. The van der Waals surface area contributed by atoms with E-state index in [1.54, 1.807) is 14.2 Å². The Bertz CT molecular complexity index is 869. The van der Waals surface area contributed by atoms with Crippen molar-refractivity contribution < 1.29 is 14.0 Å². The molecule has 0 bridgehead atoms. The molecule has 0 spiro atoms. The largest absolute Gasteiger partial charge is 0.493 e. The summed E-state index contributed by atoms with van der Waals surface area (Å²) in [5.74, 6) is 1.47. The molecule has 1 heterocycles. The maximum Gasteiger partial charge on any atom is 0.212 e. The van der Waals surface area contributed by atoms with Crippen molar-refractivity contribution >= 4 is 23.1 Å². The third kappa shape index (κ3) is 3.04. The van der Waals surface area contributed by atoms with Gasteiger partial charge >= 0.3 is 0 Å². The lowest BCUT2D eigenvalue weighted by Gasteiger charge is -2.07. The number of ether oxygens (including phenoxy) is 2. The molecule has 0 aliphatic heterocycles. The molecule has 3 rings (SSSR count). The van der Waals surface area contributed by atoms with E-state index in [0.29, 0.717) is 0 Å². The Morgan fingerprint density at radius 3 is 2.43 bits per heavy atom. The molecule has 116 valence electrons. The molecule has 2 aromatic carbocycles. The van der Waals surface area contributed by atoms with E-state index in [2.05, 4.69) is 60.3 Å². The minimum atomic E-state index is 0.735. The number of nitrogens with zero attached hydrogens (tertiary/aromatic N) is 1. The van der Waals surface area contributed by atoms with Gasteiger partial charge in [0.15, 0.2) is 17.7 Å². The molecular formula is C20H20NO2+. The first kappa shape index (κ1) is 15.1. The predicted molar refractivity (Wildman–Crippen MR) is 93.6 cm³/mol. The van der Waals surface area contributed by atoms with Crippen LogP contribution in [-0.4, -0.2) is 14.2 Å². The summed E-state index contributed by atoms with van der Waals surface area (Å²) in [5.41, 5.74) is 3.47. The molecular weight excluding hydrogens is 286 g/mol. The van der Waals surface area contributed by atoms with Gasteiger partial charge < -0.3 is 9.47 Å². The van der Waals surface area contributed by atoms with Gasteiger partial charge in [-0.05, 0) is 29.3 Å². The average Bonchev–Trinajstić information content (AvgIpc) is 2.61. The summed E-state index contributed by atoms with van der Waals surface area (Å²) in [6.45, 7) is 0.